The van der Waals surface area contributed by atoms with E-state index in [2.05, 4.69) is 87.2 Å². The van der Waals surface area contributed by atoms with Crippen molar-refractivity contribution in [2.45, 2.75) is 39.7 Å². The van der Waals surface area contributed by atoms with E-state index < -0.39 is 0 Å². The summed E-state index contributed by atoms with van der Waals surface area (Å²) < 4.78 is 0. The molecule has 0 aliphatic heterocycles. The fourth-order valence-electron chi connectivity index (χ4n) is 2.25. The van der Waals surface area contributed by atoms with Crippen LogP contribution in [0.4, 0.5) is 5.69 Å². The summed E-state index contributed by atoms with van der Waals surface area (Å²) >= 11 is 0. The number of rotatable bonds is 4. The van der Waals surface area contributed by atoms with Crippen LogP contribution in [0.25, 0.3) is 0 Å². The van der Waals surface area contributed by atoms with Crippen molar-refractivity contribution in [3.8, 4) is 0 Å². The first-order valence-electron chi connectivity index (χ1n) is 7.32. The minimum Gasteiger partial charge on any atom is -1.00 e. The van der Waals surface area contributed by atoms with Gasteiger partial charge in [0.05, 0.1) is 0 Å². The van der Waals surface area contributed by atoms with Crippen molar-refractivity contribution in [3.05, 3.63) is 65.7 Å². The minimum absolute atomic E-state index is 0. The first-order valence-corrected chi connectivity index (χ1v) is 7.32. The van der Waals surface area contributed by atoms with Gasteiger partial charge in [0, 0.05) is 13.1 Å². The molecular formula is C19H24BrMgN. The largest absolute Gasteiger partial charge is 2.00 e. The van der Waals surface area contributed by atoms with Crippen molar-refractivity contribution < 1.29 is 17.0 Å². The van der Waals surface area contributed by atoms with Gasteiger partial charge in [0.15, 0.2) is 0 Å². The second-order valence-electron chi connectivity index (χ2n) is 6.20. The first-order chi connectivity index (χ1) is 9.50. The molecule has 0 spiro atoms. The zero-order chi connectivity index (χ0) is 14.6. The third-order valence-electron chi connectivity index (χ3n) is 3.53. The molecule has 0 fully saturated rings. The average molecular weight is 371 g/mol. The third-order valence-corrected chi connectivity index (χ3v) is 3.53. The number of halogens is 1. The number of nitrogens with zero attached hydrogens (tertiary/aromatic N) is 1. The quantitative estimate of drug-likeness (QED) is 0.581. The van der Waals surface area contributed by atoms with E-state index in [9.17, 15) is 0 Å². The van der Waals surface area contributed by atoms with E-state index in [1.165, 1.54) is 16.8 Å². The molecule has 114 valence electrons. The zero-order valence-corrected chi connectivity index (χ0v) is 17.1. The summed E-state index contributed by atoms with van der Waals surface area (Å²) in [5.41, 5.74) is 3.93. The molecule has 22 heavy (non-hydrogen) atoms. The van der Waals surface area contributed by atoms with Crippen LogP contribution in [0.5, 0.6) is 0 Å². The molecule has 0 saturated heterocycles. The van der Waals surface area contributed by atoms with Crippen molar-refractivity contribution in [1.82, 2.24) is 0 Å². The van der Waals surface area contributed by atoms with E-state index in [0.717, 1.165) is 13.1 Å². The van der Waals surface area contributed by atoms with Gasteiger partial charge in [-0.3, -0.25) is 0 Å². The maximum Gasteiger partial charge on any atom is 2.00 e. The standard InChI is InChI=1S/C19H24N.BrH.Mg/c1-5-20(15-16-10-7-6-8-11-16)18-13-9-12-17(14-18)19(2,3)4;;/h6-13H,5,15H2,1-4H3;1H;/q-1;;+2/p-1. The second-order valence-corrected chi connectivity index (χ2v) is 6.20. The Labute approximate surface area is 162 Å². The molecule has 0 aromatic heterocycles. The summed E-state index contributed by atoms with van der Waals surface area (Å²) in [4.78, 5) is 2.37. The normalized spacial score (nSPS) is 10.4. The van der Waals surface area contributed by atoms with E-state index in [1.54, 1.807) is 0 Å². The molecule has 0 heterocycles. The Balaban J connectivity index is 0.00000220. The SMILES string of the molecule is CCN(Cc1ccccc1)c1[c-]c(C(C)(C)C)ccc1.[Br-].[Mg+2]. The van der Waals surface area contributed by atoms with Crippen molar-refractivity contribution in [2.24, 2.45) is 0 Å². The Bertz CT molecular complexity index is 549. The summed E-state index contributed by atoms with van der Waals surface area (Å²) in [5, 5.41) is 0. The van der Waals surface area contributed by atoms with E-state index in [0.29, 0.717) is 0 Å². The molecule has 3 heteroatoms. The predicted octanol–water partition coefficient (Wildman–Crippen LogP) is 1.43. The van der Waals surface area contributed by atoms with E-state index in [1.807, 2.05) is 0 Å². The second kappa shape index (κ2) is 9.59. The Morgan fingerprint density at radius 3 is 2.14 bits per heavy atom. The van der Waals surface area contributed by atoms with Crippen LogP contribution in [0.1, 0.15) is 38.8 Å². The third kappa shape index (κ3) is 5.94. The van der Waals surface area contributed by atoms with E-state index in [4.69, 9.17) is 0 Å². The van der Waals surface area contributed by atoms with Gasteiger partial charge in [-0.25, -0.2) is 0 Å². The van der Waals surface area contributed by atoms with Crippen LogP contribution >= 0.6 is 0 Å². The predicted molar refractivity (Wildman–Crippen MR) is 92.9 cm³/mol. The molecule has 0 aliphatic carbocycles. The zero-order valence-electron chi connectivity index (χ0n) is 14.1. The van der Waals surface area contributed by atoms with Gasteiger partial charge in [-0.05, 0) is 17.9 Å². The topological polar surface area (TPSA) is 3.24 Å². The molecule has 0 N–H and O–H groups in total. The van der Waals surface area contributed by atoms with E-state index >= 15 is 0 Å². The molecule has 0 unspecified atom stereocenters. The van der Waals surface area contributed by atoms with Gasteiger partial charge in [-0.1, -0.05) is 56.8 Å². The van der Waals surface area contributed by atoms with E-state index in [-0.39, 0.29) is 45.4 Å². The van der Waals surface area contributed by atoms with Crippen molar-refractivity contribution in [2.75, 3.05) is 11.4 Å². The first kappa shape index (κ1) is 21.5. The summed E-state index contributed by atoms with van der Waals surface area (Å²) in [7, 11) is 0. The molecule has 2 rings (SSSR count). The van der Waals surface area contributed by atoms with Gasteiger partial charge in [-0.15, -0.1) is 6.07 Å². The fourth-order valence-corrected chi connectivity index (χ4v) is 2.25. The Morgan fingerprint density at radius 2 is 1.59 bits per heavy atom. The van der Waals surface area contributed by atoms with Gasteiger partial charge >= 0.3 is 23.1 Å². The Kier molecular flexibility index (Phi) is 9.36. The van der Waals surface area contributed by atoms with Gasteiger partial charge in [-0.2, -0.15) is 23.8 Å². The number of hydrogen-bond donors (Lipinski definition) is 0. The summed E-state index contributed by atoms with van der Waals surface area (Å²) in [6.45, 7) is 10.8. The molecule has 2 aromatic carbocycles. The molecule has 0 radical (unpaired) electrons. The maximum absolute atomic E-state index is 3.58. The average Bonchev–Trinajstić information content (AvgIpc) is 2.45. The molecular weight excluding hydrogens is 346 g/mol. The summed E-state index contributed by atoms with van der Waals surface area (Å²) in [6.07, 6.45) is 0. The molecule has 0 aliphatic rings. The fraction of sp³-hybridized carbons (Fsp3) is 0.368. The molecule has 0 amide bonds. The monoisotopic (exact) mass is 369 g/mol. The maximum atomic E-state index is 3.58. The molecule has 0 atom stereocenters. The molecule has 0 bridgehead atoms. The molecule has 2 aromatic rings. The van der Waals surface area contributed by atoms with Gasteiger partial charge in [0.25, 0.3) is 0 Å². The summed E-state index contributed by atoms with van der Waals surface area (Å²) in [6, 6.07) is 20.6. The number of anilines is 1. The Morgan fingerprint density at radius 1 is 0.955 bits per heavy atom. The van der Waals surface area contributed by atoms with Gasteiger partial charge in [0.2, 0.25) is 0 Å². The number of benzene rings is 2. The van der Waals surface area contributed by atoms with Crippen LogP contribution in [-0.4, -0.2) is 29.6 Å². The van der Waals surface area contributed by atoms with Gasteiger partial charge < -0.3 is 21.9 Å². The number of hydrogen-bond acceptors (Lipinski definition) is 1. The van der Waals surface area contributed by atoms with Crippen LogP contribution < -0.4 is 21.9 Å². The van der Waals surface area contributed by atoms with Crippen LogP contribution in [-0.2, 0) is 12.0 Å². The van der Waals surface area contributed by atoms with Crippen LogP contribution in [0, 0.1) is 6.07 Å². The Hall–Kier alpha value is -0.514. The van der Waals surface area contributed by atoms with Gasteiger partial charge in [0.1, 0.15) is 0 Å². The van der Waals surface area contributed by atoms with Crippen molar-refractivity contribution >= 4 is 28.7 Å². The van der Waals surface area contributed by atoms with Crippen LogP contribution in [0.3, 0.4) is 0 Å². The van der Waals surface area contributed by atoms with Crippen molar-refractivity contribution in [1.29, 1.82) is 0 Å². The summed E-state index contributed by atoms with van der Waals surface area (Å²) in [5.74, 6) is 0. The minimum atomic E-state index is 0. The van der Waals surface area contributed by atoms with Crippen LogP contribution in [0.15, 0.2) is 48.5 Å². The molecule has 0 saturated carbocycles. The smallest absolute Gasteiger partial charge is 1.00 e. The van der Waals surface area contributed by atoms with Crippen LogP contribution in [0.2, 0.25) is 0 Å². The van der Waals surface area contributed by atoms with Crippen molar-refractivity contribution in [3.63, 3.8) is 0 Å². The molecule has 1 nitrogen and oxygen atoms in total.